The Kier molecular flexibility index (Phi) is 5.90. The maximum absolute atomic E-state index is 13.2. The van der Waals surface area contributed by atoms with Crippen LogP contribution in [0.2, 0.25) is 0 Å². The molecular formula is C18H22N2O6S. The van der Waals surface area contributed by atoms with Gasteiger partial charge in [-0.15, -0.1) is 0 Å². The molecule has 0 unspecified atom stereocenters. The Hall–Kier alpha value is -2.68. The van der Waals surface area contributed by atoms with Gasteiger partial charge < -0.3 is 24.5 Å². The minimum atomic E-state index is -3.85. The Morgan fingerprint density at radius 2 is 1.93 bits per heavy atom. The fourth-order valence-corrected chi connectivity index (χ4v) is 4.29. The SMILES string of the molecule is CCCNC(=O)NC[C@H](c1ccco1)S(=O)(=O)c1ccc2c(c1)OCCO2. The number of benzene rings is 1. The highest BCUT2D eigenvalue weighted by molar-refractivity contribution is 7.91. The van der Waals surface area contributed by atoms with E-state index in [1.807, 2.05) is 6.92 Å². The van der Waals surface area contributed by atoms with Crippen molar-refractivity contribution >= 4 is 15.9 Å². The highest BCUT2D eigenvalue weighted by atomic mass is 32.2. The van der Waals surface area contributed by atoms with Crippen molar-refractivity contribution in [3.05, 3.63) is 42.4 Å². The number of amides is 2. The van der Waals surface area contributed by atoms with Crippen LogP contribution in [0.4, 0.5) is 4.79 Å². The number of urea groups is 1. The average Bonchev–Trinajstić information content (AvgIpc) is 3.20. The molecular weight excluding hydrogens is 372 g/mol. The molecule has 0 fully saturated rings. The van der Waals surface area contributed by atoms with Crippen LogP contribution in [-0.2, 0) is 9.84 Å². The fraction of sp³-hybridized carbons (Fsp3) is 0.389. The maximum atomic E-state index is 13.2. The van der Waals surface area contributed by atoms with E-state index in [1.54, 1.807) is 18.2 Å². The molecule has 0 spiro atoms. The Labute approximate surface area is 157 Å². The third-order valence-electron chi connectivity index (χ3n) is 4.06. The molecule has 1 aliphatic heterocycles. The van der Waals surface area contributed by atoms with Gasteiger partial charge in [-0.25, -0.2) is 13.2 Å². The summed E-state index contributed by atoms with van der Waals surface area (Å²) in [4.78, 5) is 11.9. The van der Waals surface area contributed by atoms with Crippen molar-refractivity contribution in [1.82, 2.24) is 10.6 Å². The van der Waals surface area contributed by atoms with Crippen LogP contribution in [0.5, 0.6) is 11.5 Å². The largest absolute Gasteiger partial charge is 0.486 e. The molecule has 0 radical (unpaired) electrons. The monoisotopic (exact) mass is 394 g/mol. The molecule has 1 aromatic heterocycles. The van der Waals surface area contributed by atoms with E-state index in [1.165, 1.54) is 18.4 Å². The lowest BCUT2D eigenvalue weighted by Gasteiger charge is -2.21. The number of sulfone groups is 1. The topological polar surface area (TPSA) is 107 Å². The van der Waals surface area contributed by atoms with Gasteiger partial charge >= 0.3 is 6.03 Å². The first-order chi connectivity index (χ1) is 13.0. The van der Waals surface area contributed by atoms with Gasteiger partial charge in [0.15, 0.2) is 21.3 Å². The standard InChI is InChI=1S/C18H22N2O6S/c1-2-7-19-18(21)20-12-17(15-4-3-8-24-15)27(22,23)13-5-6-14-16(11-13)26-10-9-25-14/h3-6,8,11,17H,2,7,9-10,12H2,1H3,(H2,19,20,21)/t17-/m1/s1. The Balaban J connectivity index is 1.85. The molecule has 0 bridgehead atoms. The molecule has 3 rings (SSSR count). The first kappa shape index (κ1) is 19.1. The lowest BCUT2D eigenvalue weighted by atomic mass is 10.3. The van der Waals surface area contributed by atoms with Gasteiger partial charge in [0, 0.05) is 19.2 Å². The van der Waals surface area contributed by atoms with Crippen LogP contribution in [0.15, 0.2) is 45.9 Å². The number of carbonyl (C=O) groups is 1. The second-order valence-electron chi connectivity index (χ2n) is 5.99. The summed E-state index contributed by atoms with van der Waals surface area (Å²) < 4.78 is 42.7. The van der Waals surface area contributed by atoms with E-state index in [0.29, 0.717) is 31.3 Å². The van der Waals surface area contributed by atoms with Crippen molar-refractivity contribution in [2.24, 2.45) is 0 Å². The van der Waals surface area contributed by atoms with Gasteiger partial charge in [0.25, 0.3) is 0 Å². The van der Waals surface area contributed by atoms with Crippen LogP contribution < -0.4 is 20.1 Å². The van der Waals surface area contributed by atoms with Crippen LogP contribution in [-0.4, -0.2) is 40.8 Å². The summed E-state index contributed by atoms with van der Waals surface area (Å²) in [7, 11) is -3.85. The maximum Gasteiger partial charge on any atom is 0.314 e. The van der Waals surface area contributed by atoms with E-state index in [9.17, 15) is 13.2 Å². The summed E-state index contributed by atoms with van der Waals surface area (Å²) in [5, 5.41) is 4.18. The van der Waals surface area contributed by atoms with Crippen molar-refractivity contribution in [3.8, 4) is 11.5 Å². The Bertz CT molecular complexity index is 879. The first-order valence-electron chi connectivity index (χ1n) is 8.71. The molecule has 2 heterocycles. The molecule has 1 atom stereocenters. The molecule has 1 aliphatic rings. The molecule has 0 saturated carbocycles. The number of nitrogens with one attached hydrogen (secondary N) is 2. The first-order valence-corrected chi connectivity index (χ1v) is 10.3. The third-order valence-corrected chi connectivity index (χ3v) is 6.12. The molecule has 146 valence electrons. The van der Waals surface area contributed by atoms with Gasteiger partial charge in [0.05, 0.1) is 11.2 Å². The summed E-state index contributed by atoms with van der Waals surface area (Å²) in [5.74, 6) is 1.14. The number of furan rings is 1. The smallest absolute Gasteiger partial charge is 0.314 e. The number of carbonyl (C=O) groups excluding carboxylic acids is 1. The van der Waals surface area contributed by atoms with E-state index in [2.05, 4.69) is 10.6 Å². The van der Waals surface area contributed by atoms with Crippen LogP contribution in [0.3, 0.4) is 0 Å². The van der Waals surface area contributed by atoms with Crippen molar-refractivity contribution in [2.75, 3.05) is 26.3 Å². The van der Waals surface area contributed by atoms with Crippen LogP contribution >= 0.6 is 0 Å². The normalized spacial score (nSPS) is 14.4. The zero-order valence-electron chi connectivity index (χ0n) is 14.9. The zero-order valence-corrected chi connectivity index (χ0v) is 15.8. The second kappa shape index (κ2) is 8.34. The zero-order chi connectivity index (χ0) is 19.3. The summed E-state index contributed by atoms with van der Waals surface area (Å²) in [5.41, 5.74) is 0. The molecule has 8 nitrogen and oxygen atoms in total. The van der Waals surface area contributed by atoms with E-state index in [-0.39, 0.29) is 17.2 Å². The number of rotatable bonds is 7. The second-order valence-corrected chi connectivity index (χ2v) is 8.12. The molecule has 0 aliphatic carbocycles. The van der Waals surface area contributed by atoms with E-state index in [4.69, 9.17) is 13.9 Å². The summed E-state index contributed by atoms with van der Waals surface area (Å²) in [6.45, 7) is 3.09. The van der Waals surface area contributed by atoms with Crippen LogP contribution in [0, 0.1) is 0 Å². The molecule has 27 heavy (non-hydrogen) atoms. The van der Waals surface area contributed by atoms with Gasteiger partial charge in [-0.05, 0) is 30.7 Å². The van der Waals surface area contributed by atoms with Crippen molar-refractivity contribution in [3.63, 3.8) is 0 Å². The summed E-state index contributed by atoms with van der Waals surface area (Å²) in [6, 6.07) is 7.24. The van der Waals surface area contributed by atoms with Gasteiger partial charge in [0.2, 0.25) is 0 Å². The van der Waals surface area contributed by atoms with E-state index >= 15 is 0 Å². The molecule has 2 N–H and O–H groups in total. The van der Waals surface area contributed by atoms with E-state index < -0.39 is 21.1 Å². The average molecular weight is 394 g/mol. The van der Waals surface area contributed by atoms with Gasteiger partial charge in [-0.1, -0.05) is 6.92 Å². The minimum Gasteiger partial charge on any atom is -0.486 e. The molecule has 2 aromatic rings. The predicted molar refractivity (Wildman–Crippen MR) is 97.8 cm³/mol. The fourth-order valence-electron chi connectivity index (χ4n) is 2.69. The Morgan fingerprint density at radius 1 is 1.15 bits per heavy atom. The van der Waals surface area contributed by atoms with Crippen LogP contribution in [0.1, 0.15) is 24.4 Å². The Morgan fingerprint density at radius 3 is 2.63 bits per heavy atom. The van der Waals surface area contributed by atoms with Gasteiger partial charge in [0.1, 0.15) is 24.2 Å². The molecule has 0 saturated heterocycles. The third kappa shape index (κ3) is 4.36. The number of hydrogen-bond acceptors (Lipinski definition) is 6. The van der Waals surface area contributed by atoms with Crippen molar-refractivity contribution in [1.29, 1.82) is 0 Å². The molecule has 2 amide bonds. The highest BCUT2D eigenvalue weighted by Gasteiger charge is 2.33. The summed E-state index contributed by atoms with van der Waals surface area (Å²) >= 11 is 0. The van der Waals surface area contributed by atoms with Gasteiger partial charge in [-0.2, -0.15) is 0 Å². The van der Waals surface area contributed by atoms with Crippen molar-refractivity contribution < 1.29 is 27.1 Å². The van der Waals surface area contributed by atoms with Crippen LogP contribution in [0.25, 0.3) is 0 Å². The summed E-state index contributed by atoms with van der Waals surface area (Å²) in [6.07, 6.45) is 2.18. The van der Waals surface area contributed by atoms with E-state index in [0.717, 1.165) is 6.42 Å². The number of hydrogen-bond donors (Lipinski definition) is 2. The number of ether oxygens (including phenoxy) is 2. The van der Waals surface area contributed by atoms with Gasteiger partial charge in [-0.3, -0.25) is 0 Å². The molecule has 1 aromatic carbocycles. The lowest BCUT2D eigenvalue weighted by Crippen LogP contribution is -2.39. The number of fused-ring (bicyclic) bond motifs is 1. The lowest BCUT2D eigenvalue weighted by molar-refractivity contribution is 0.171. The minimum absolute atomic E-state index is 0.0731. The van der Waals surface area contributed by atoms with Crippen molar-refractivity contribution in [2.45, 2.75) is 23.5 Å². The molecule has 9 heteroatoms. The predicted octanol–water partition coefficient (Wildman–Crippen LogP) is 2.28. The quantitative estimate of drug-likeness (QED) is 0.746. The highest BCUT2D eigenvalue weighted by Crippen LogP contribution is 2.36.